The Labute approximate surface area is 133 Å². The van der Waals surface area contributed by atoms with Gasteiger partial charge in [0.2, 0.25) is 0 Å². The van der Waals surface area contributed by atoms with E-state index in [1.165, 1.54) is 4.80 Å². The molecule has 2 aromatic carbocycles. The van der Waals surface area contributed by atoms with Crippen LogP contribution in [0.25, 0.3) is 5.69 Å². The molecule has 0 aliphatic rings. The number of amides is 1. The number of anilines is 2. The van der Waals surface area contributed by atoms with E-state index in [1.807, 2.05) is 43.3 Å². The highest BCUT2D eigenvalue weighted by atomic mass is 16.2. The van der Waals surface area contributed by atoms with Gasteiger partial charge in [0.15, 0.2) is 5.69 Å². The Kier molecular flexibility index (Phi) is 3.80. The molecule has 0 radical (unpaired) electrons. The van der Waals surface area contributed by atoms with Gasteiger partial charge in [-0.1, -0.05) is 24.3 Å². The largest absolute Gasteiger partial charge is 0.398 e. The molecule has 116 valence electrons. The lowest BCUT2D eigenvalue weighted by Gasteiger charge is -2.06. The Morgan fingerprint density at radius 3 is 2.52 bits per heavy atom. The van der Waals surface area contributed by atoms with Crippen LogP contribution in [0, 0.1) is 13.8 Å². The number of rotatable bonds is 3. The van der Waals surface area contributed by atoms with Crippen LogP contribution in [0.2, 0.25) is 0 Å². The molecular formula is C17H17N5O. The van der Waals surface area contributed by atoms with Crippen molar-refractivity contribution in [2.45, 2.75) is 13.8 Å². The number of hydrogen-bond acceptors (Lipinski definition) is 4. The molecule has 0 bridgehead atoms. The lowest BCUT2D eigenvalue weighted by Crippen LogP contribution is -2.14. The number of aryl methyl sites for hydroxylation is 2. The minimum absolute atomic E-state index is 0.285. The van der Waals surface area contributed by atoms with Crippen molar-refractivity contribution in [2.75, 3.05) is 11.1 Å². The second-order valence-electron chi connectivity index (χ2n) is 5.28. The maximum Gasteiger partial charge on any atom is 0.278 e. The molecule has 1 amide bonds. The Morgan fingerprint density at radius 1 is 1.09 bits per heavy atom. The minimum atomic E-state index is -0.312. The van der Waals surface area contributed by atoms with Crippen molar-refractivity contribution in [3.63, 3.8) is 0 Å². The Bertz CT molecular complexity index is 855. The standard InChI is InChI=1S/C17H17N5O/c1-11-8-9-13(10-15(11)18)19-17(23)16-12(2)20-22(21-16)14-6-4-3-5-7-14/h3-10H,18H2,1-2H3,(H,19,23). The van der Waals surface area contributed by atoms with Crippen LogP contribution in [-0.2, 0) is 0 Å². The van der Waals surface area contributed by atoms with Gasteiger partial charge < -0.3 is 11.1 Å². The van der Waals surface area contributed by atoms with E-state index in [-0.39, 0.29) is 11.6 Å². The second-order valence-corrected chi connectivity index (χ2v) is 5.28. The van der Waals surface area contributed by atoms with Crippen LogP contribution in [0.4, 0.5) is 11.4 Å². The van der Waals surface area contributed by atoms with E-state index in [1.54, 1.807) is 19.1 Å². The summed E-state index contributed by atoms with van der Waals surface area (Å²) >= 11 is 0. The van der Waals surface area contributed by atoms with E-state index in [4.69, 9.17) is 5.73 Å². The molecule has 0 saturated carbocycles. The van der Waals surface area contributed by atoms with Gasteiger partial charge in [-0.05, 0) is 43.7 Å². The van der Waals surface area contributed by atoms with Crippen molar-refractivity contribution in [3.8, 4) is 5.69 Å². The predicted octanol–water partition coefficient (Wildman–Crippen LogP) is 2.72. The summed E-state index contributed by atoms with van der Waals surface area (Å²) in [6, 6.07) is 14.8. The van der Waals surface area contributed by atoms with Gasteiger partial charge in [-0.2, -0.15) is 9.90 Å². The van der Waals surface area contributed by atoms with Crippen LogP contribution in [0.5, 0.6) is 0 Å². The highest BCUT2D eigenvalue weighted by Gasteiger charge is 2.16. The van der Waals surface area contributed by atoms with Gasteiger partial charge in [-0.15, -0.1) is 5.10 Å². The Hall–Kier alpha value is -3.15. The molecule has 1 aromatic heterocycles. The molecule has 0 aliphatic carbocycles. The summed E-state index contributed by atoms with van der Waals surface area (Å²) in [5, 5.41) is 11.4. The third-order valence-corrected chi connectivity index (χ3v) is 3.52. The normalized spacial score (nSPS) is 10.5. The highest BCUT2D eigenvalue weighted by Crippen LogP contribution is 2.18. The average Bonchev–Trinajstić information content (AvgIpc) is 2.94. The van der Waals surface area contributed by atoms with E-state index >= 15 is 0 Å². The summed E-state index contributed by atoms with van der Waals surface area (Å²) in [6.07, 6.45) is 0. The lowest BCUT2D eigenvalue weighted by atomic mass is 10.2. The molecule has 0 atom stereocenters. The summed E-state index contributed by atoms with van der Waals surface area (Å²) in [7, 11) is 0. The van der Waals surface area contributed by atoms with Crippen LogP contribution in [0.1, 0.15) is 21.7 Å². The van der Waals surface area contributed by atoms with Crippen molar-refractivity contribution in [3.05, 3.63) is 65.5 Å². The number of nitrogen functional groups attached to an aromatic ring is 1. The maximum atomic E-state index is 12.4. The molecule has 6 nitrogen and oxygen atoms in total. The summed E-state index contributed by atoms with van der Waals surface area (Å²) in [5.41, 5.74) is 9.74. The number of nitrogens with zero attached hydrogens (tertiary/aromatic N) is 3. The molecule has 3 N–H and O–H groups in total. The van der Waals surface area contributed by atoms with E-state index in [2.05, 4.69) is 15.5 Å². The molecule has 0 unspecified atom stereocenters. The van der Waals surface area contributed by atoms with Crippen LogP contribution in [-0.4, -0.2) is 20.9 Å². The van der Waals surface area contributed by atoms with Crippen LogP contribution >= 0.6 is 0 Å². The summed E-state index contributed by atoms with van der Waals surface area (Å²) in [5.74, 6) is -0.312. The van der Waals surface area contributed by atoms with Crippen molar-refractivity contribution < 1.29 is 4.79 Å². The Morgan fingerprint density at radius 2 is 1.83 bits per heavy atom. The number of para-hydroxylation sites is 1. The van der Waals surface area contributed by atoms with E-state index in [9.17, 15) is 4.79 Å². The monoisotopic (exact) mass is 307 g/mol. The van der Waals surface area contributed by atoms with Gasteiger partial charge in [0.1, 0.15) is 0 Å². The number of carbonyl (C=O) groups excluding carboxylic acids is 1. The average molecular weight is 307 g/mol. The zero-order chi connectivity index (χ0) is 16.4. The van der Waals surface area contributed by atoms with E-state index in [0.717, 1.165) is 11.3 Å². The van der Waals surface area contributed by atoms with Gasteiger partial charge in [0.25, 0.3) is 5.91 Å². The van der Waals surface area contributed by atoms with Crippen molar-refractivity contribution in [1.82, 2.24) is 15.0 Å². The zero-order valence-corrected chi connectivity index (χ0v) is 12.9. The first-order valence-corrected chi connectivity index (χ1v) is 7.21. The second kappa shape index (κ2) is 5.92. The molecule has 3 aromatic rings. The SMILES string of the molecule is Cc1ccc(NC(=O)c2nn(-c3ccccc3)nc2C)cc1N. The molecule has 0 aliphatic heterocycles. The third kappa shape index (κ3) is 3.06. The number of aromatic nitrogens is 3. The topological polar surface area (TPSA) is 85.8 Å². The highest BCUT2D eigenvalue weighted by molar-refractivity contribution is 6.03. The summed E-state index contributed by atoms with van der Waals surface area (Å²) in [4.78, 5) is 13.9. The number of benzene rings is 2. The predicted molar refractivity (Wildman–Crippen MR) is 89.6 cm³/mol. The van der Waals surface area contributed by atoms with Crippen LogP contribution < -0.4 is 11.1 Å². The molecule has 0 spiro atoms. The number of nitrogens with two attached hydrogens (primary N) is 1. The van der Waals surface area contributed by atoms with E-state index in [0.29, 0.717) is 17.1 Å². The van der Waals surface area contributed by atoms with Gasteiger partial charge in [0.05, 0.1) is 11.4 Å². The fourth-order valence-electron chi connectivity index (χ4n) is 2.17. The number of carbonyl (C=O) groups is 1. The van der Waals surface area contributed by atoms with Crippen LogP contribution in [0.15, 0.2) is 48.5 Å². The van der Waals surface area contributed by atoms with Crippen molar-refractivity contribution >= 4 is 17.3 Å². The number of hydrogen-bond donors (Lipinski definition) is 2. The Balaban J connectivity index is 1.85. The quantitative estimate of drug-likeness (QED) is 0.728. The molecule has 0 saturated heterocycles. The summed E-state index contributed by atoms with van der Waals surface area (Å²) < 4.78 is 0. The smallest absolute Gasteiger partial charge is 0.278 e. The van der Waals surface area contributed by atoms with Gasteiger partial charge in [-0.3, -0.25) is 4.79 Å². The van der Waals surface area contributed by atoms with Crippen LogP contribution in [0.3, 0.4) is 0 Å². The fraction of sp³-hybridized carbons (Fsp3) is 0.118. The summed E-state index contributed by atoms with van der Waals surface area (Å²) in [6.45, 7) is 3.67. The zero-order valence-electron chi connectivity index (χ0n) is 12.9. The maximum absolute atomic E-state index is 12.4. The molecule has 1 heterocycles. The fourth-order valence-corrected chi connectivity index (χ4v) is 2.17. The first-order valence-electron chi connectivity index (χ1n) is 7.21. The molecule has 0 fully saturated rings. The van der Waals surface area contributed by atoms with E-state index < -0.39 is 0 Å². The van der Waals surface area contributed by atoms with Gasteiger partial charge >= 0.3 is 0 Å². The minimum Gasteiger partial charge on any atom is -0.398 e. The number of nitrogens with one attached hydrogen (secondary N) is 1. The molecular weight excluding hydrogens is 290 g/mol. The first kappa shape index (κ1) is 14.8. The molecule has 23 heavy (non-hydrogen) atoms. The third-order valence-electron chi connectivity index (χ3n) is 3.52. The van der Waals surface area contributed by atoms with Crippen molar-refractivity contribution in [1.29, 1.82) is 0 Å². The molecule has 6 heteroatoms. The lowest BCUT2D eigenvalue weighted by molar-refractivity contribution is 0.102. The van der Waals surface area contributed by atoms with Gasteiger partial charge in [0, 0.05) is 11.4 Å². The first-order chi connectivity index (χ1) is 11.0. The van der Waals surface area contributed by atoms with Gasteiger partial charge in [-0.25, -0.2) is 0 Å². The molecule has 3 rings (SSSR count). The van der Waals surface area contributed by atoms with Crippen molar-refractivity contribution in [2.24, 2.45) is 0 Å².